The van der Waals surface area contributed by atoms with Crippen molar-refractivity contribution in [2.24, 2.45) is 5.73 Å². The topological polar surface area (TPSA) is 63.3 Å². The van der Waals surface area contributed by atoms with E-state index in [-0.39, 0.29) is 0 Å². The second-order valence-corrected chi connectivity index (χ2v) is 6.08. The normalized spacial score (nSPS) is 17.4. The van der Waals surface area contributed by atoms with Crippen LogP contribution in [0.1, 0.15) is 12.0 Å². The van der Waals surface area contributed by atoms with Gasteiger partial charge in [0.25, 0.3) is 0 Å². The summed E-state index contributed by atoms with van der Waals surface area (Å²) in [5.74, 6) is -0.609. The van der Waals surface area contributed by atoms with E-state index >= 15 is 0 Å². The molecule has 3 N–H and O–H groups in total. The van der Waals surface area contributed by atoms with Crippen molar-refractivity contribution in [3.8, 4) is 0 Å². The maximum Gasteiger partial charge on any atom is 0.213 e. The first-order valence-electron chi connectivity index (χ1n) is 4.59. The van der Waals surface area contributed by atoms with Crippen LogP contribution in [0.5, 0.6) is 0 Å². The van der Waals surface area contributed by atoms with Gasteiger partial charge in [0.2, 0.25) is 7.37 Å². The third kappa shape index (κ3) is 3.62. The summed E-state index contributed by atoms with van der Waals surface area (Å²) in [4.78, 5) is 9.19. The van der Waals surface area contributed by atoms with Crippen molar-refractivity contribution in [3.05, 3.63) is 35.9 Å². The molecule has 1 aromatic carbocycles. The Balaban J connectivity index is 2.46. The molecule has 0 heterocycles. The van der Waals surface area contributed by atoms with E-state index in [4.69, 9.17) is 5.73 Å². The summed E-state index contributed by atoms with van der Waals surface area (Å²) in [6.45, 7) is 1.31. The molecular formula is C10H16NO2P. The van der Waals surface area contributed by atoms with Gasteiger partial charge in [-0.25, -0.2) is 0 Å². The highest BCUT2D eigenvalue weighted by molar-refractivity contribution is 7.57. The van der Waals surface area contributed by atoms with Crippen molar-refractivity contribution in [2.45, 2.75) is 18.6 Å². The molecular weight excluding hydrogens is 197 g/mol. The van der Waals surface area contributed by atoms with E-state index in [0.717, 1.165) is 12.0 Å². The van der Waals surface area contributed by atoms with Gasteiger partial charge in [0.05, 0.1) is 5.78 Å². The fraction of sp³-hybridized carbons (Fsp3) is 0.400. The van der Waals surface area contributed by atoms with Gasteiger partial charge in [-0.1, -0.05) is 30.3 Å². The molecule has 0 spiro atoms. The standard InChI is InChI=1S/C10H16NO2P/c1-14(12,13)10(11)8-7-9-5-3-2-4-6-9/h2-6,10H,7-8,11H2,1H3,(H,12,13). The third-order valence-electron chi connectivity index (χ3n) is 2.19. The second kappa shape index (κ2) is 4.74. The van der Waals surface area contributed by atoms with E-state index < -0.39 is 13.2 Å². The smallest absolute Gasteiger partial charge is 0.213 e. The molecule has 3 nitrogen and oxygen atoms in total. The summed E-state index contributed by atoms with van der Waals surface area (Å²) in [5.41, 5.74) is 6.73. The Labute approximate surface area is 84.4 Å². The molecule has 0 radical (unpaired) electrons. The number of benzene rings is 1. The Morgan fingerprint density at radius 1 is 1.43 bits per heavy atom. The quantitative estimate of drug-likeness (QED) is 0.749. The van der Waals surface area contributed by atoms with E-state index in [1.165, 1.54) is 6.66 Å². The Hall–Kier alpha value is -0.630. The van der Waals surface area contributed by atoms with Crippen molar-refractivity contribution in [1.82, 2.24) is 0 Å². The summed E-state index contributed by atoms with van der Waals surface area (Å²) in [7, 11) is -3.12. The fourth-order valence-corrected chi connectivity index (χ4v) is 1.81. The van der Waals surface area contributed by atoms with Crippen LogP contribution in [0.25, 0.3) is 0 Å². The average Bonchev–Trinajstić information content (AvgIpc) is 2.14. The molecule has 1 aromatic rings. The summed E-state index contributed by atoms with van der Waals surface area (Å²) in [5, 5.41) is 0. The Morgan fingerprint density at radius 2 is 2.00 bits per heavy atom. The van der Waals surface area contributed by atoms with Crippen molar-refractivity contribution in [1.29, 1.82) is 0 Å². The van der Waals surface area contributed by atoms with E-state index in [2.05, 4.69) is 0 Å². The maximum absolute atomic E-state index is 11.2. The Bertz CT molecular complexity index is 320. The predicted molar refractivity (Wildman–Crippen MR) is 58.5 cm³/mol. The van der Waals surface area contributed by atoms with E-state index in [9.17, 15) is 9.46 Å². The Morgan fingerprint density at radius 3 is 2.50 bits per heavy atom. The van der Waals surface area contributed by atoms with Crippen molar-refractivity contribution in [3.63, 3.8) is 0 Å². The van der Waals surface area contributed by atoms with E-state index in [1.54, 1.807) is 0 Å². The van der Waals surface area contributed by atoms with Gasteiger partial charge < -0.3 is 10.6 Å². The van der Waals surface area contributed by atoms with Crippen LogP contribution in [0.4, 0.5) is 0 Å². The summed E-state index contributed by atoms with van der Waals surface area (Å²) >= 11 is 0. The van der Waals surface area contributed by atoms with Gasteiger partial charge in [-0.3, -0.25) is 4.57 Å². The van der Waals surface area contributed by atoms with Crippen LogP contribution in [0.15, 0.2) is 30.3 Å². The number of hydrogen-bond acceptors (Lipinski definition) is 2. The minimum Gasteiger partial charge on any atom is -0.343 e. The first-order valence-corrected chi connectivity index (χ1v) is 6.77. The minimum atomic E-state index is -3.12. The molecule has 0 aliphatic heterocycles. The fourth-order valence-electron chi connectivity index (χ4n) is 1.20. The third-order valence-corrected chi connectivity index (χ3v) is 3.68. The zero-order valence-electron chi connectivity index (χ0n) is 8.26. The molecule has 14 heavy (non-hydrogen) atoms. The molecule has 4 heteroatoms. The first kappa shape index (κ1) is 11.4. The lowest BCUT2D eigenvalue weighted by atomic mass is 10.1. The second-order valence-electron chi connectivity index (χ2n) is 3.53. The molecule has 0 bridgehead atoms. The number of nitrogens with two attached hydrogens (primary N) is 1. The van der Waals surface area contributed by atoms with Gasteiger partial charge >= 0.3 is 0 Å². The maximum atomic E-state index is 11.2. The molecule has 0 fully saturated rings. The molecule has 78 valence electrons. The van der Waals surface area contributed by atoms with Gasteiger partial charge in [-0.15, -0.1) is 0 Å². The summed E-state index contributed by atoms with van der Waals surface area (Å²) in [6, 6.07) is 9.83. The van der Waals surface area contributed by atoms with Crippen LogP contribution in [0.3, 0.4) is 0 Å². The summed E-state index contributed by atoms with van der Waals surface area (Å²) in [6.07, 6.45) is 1.30. The number of hydrogen-bond donors (Lipinski definition) is 2. The van der Waals surface area contributed by atoms with Gasteiger partial charge in [0.15, 0.2) is 0 Å². The van der Waals surface area contributed by atoms with Crippen LogP contribution < -0.4 is 5.73 Å². The molecule has 0 aliphatic rings. The van der Waals surface area contributed by atoms with Gasteiger partial charge in [-0.2, -0.15) is 0 Å². The molecule has 2 atom stereocenters. The lowest BCUT2D eigenvalue weighted by Gasteiger charge is -2.14. The summed E-state index contributed by atoms with van der Waals surface area (Å²) < 4.78 is 11.2. The molecule has 0 aromatic heterocycles. The SMILES string of the molecule is CP(=O)(O)C(N)CCc1ccccc1. The van der Waals surface area contributed by atoms with Gasteiger partial charge in [0, 0.05) is 6.66 Å². The van der Waals surface area contributed by atoms with Gasteiger partial charge in [0.1, 0.15) is 0 Å². The number of aryl methyl sites for hydroxylation is 1. The highest BCUT2D eigenvalue weighted by atomic mass is 31.2. The largest absolute Gasteiger partial charge is 0.343 e. The van der Waals surface area contributed by atoms with Crippen molar-refractivity contribution < 1.29 is 9.46 Å². The molecule has 2 unspecified atom stereocenters. The predicted octanol–water partition coefficient (Wildman–Crippen LogP) is 1.80. The molecule has 0 amide bonds. The molecule has 0 saturated carbocycles. The van der Waals surface area contributed by atoms with E-state index in [0.29, 0.717) is 6.42 Å². The van der Waals surface area contributed by atoms with Gasteiger partial charge in [-0.05, 0) is 18.4 Å². The van der Waals surface area contributed by atoms with Crippen LogP contribution in [-0.2, 0) is 11.0 Å². The van der Waals surface area contributed by atoms with Crippen LogP contribution in [0.2, 0.25) is 0 Å². The minimum absolute atomic E-state index is 0.550. The zero-order valence-corrected chi connectivity index (χ0v) is 9.15. The number of rotatable bonds is 4. The monoisotopic (exact) mass is 213 g/mol. The van der Waals surface area contributed by atoms with Crippen LogP contribution >= 0.6 is 7.37 Å². The highest BCUT2D eigenvalue weighted by Gasteiger charge is 2.20. The molecule has 0 aliphatic carbocycles. The van der Waals surface area contributed by atoms with Crippen molar-refractivity contribution >= 4 is 7.37 Å². The van der Waals surface area contributed by atoms with Crippen LogP contribution in [-0.4, -0.2) is 17.3 Å². The van der Waals surface area contributed by atoms with Crippen molar-refractivity contribution in [2.75, 3.05) is 6.66 Å². The van der Waals surface area contributed by atoms with Crippen LogP contribution in [0, 0.1) is 0 Å². The molecule has 1 rings (SSSR count). The lowest BCUT2D eigenvalue weighted by Crippen LogP contribution is -2.20. The average molecular weight is 213 g/mol. The lowest BCUT2D eigenvalue weighted by molar-refractivity contribution is 0.465. The zero-order chi connectivity index (χ0) is 10.6. The highest BCUT2D eigenvalue weighted by Crippen LogP contribution is 2.40. The Kier molecular flexibility index (Phi) is 3.87. The first-order chi connectivity index (χ1) is 6.50. The van der Waals surface area contributed by atoms with E-state index in [1.807, 2.05) is 30.3 Å². The molecule has 0 saturated heterocycles.